The van der Waals surface area contributed by atoms with Gasteiger partial charge in [0, 0.05) is 34.4 Å². The second-order valence-corrected chi connectivity index (χ2v) is 8.50. The molecule has 2 aliphatic rings. The number of thiophene rings is 1. The Hall–Kier alpha value is -0.730. The van der Waals surface area contributed by atoms with Crippen LogP contribution in [-0.4, -0.2) is 29.0 Å². The van der Waals surface area contributed by atoms with Crippen LogP contribution >= 0.6 is 33.9 Å². The van der Waals surface area contributed by atoms with Crippen LogP contribution in [0.1, 0.15) is 29.8 Å². The lowest BCUT2D eigenvalue weighted by molar-refractivity contribution is 0.0926. The molecule has 2 fully saturated rings. The Kier molecular flexibility index (Phi) is 3.19. The molecule has 0 saturated carbocycles. The first-order valence-electron chi connectivity index (χ1n) is 6.81. The summed E-state index contributed by atoms with van der Waals surface area (Å²) < 4.78 is 2.34. The quantitative estimate of drug-likeness (QED) is 0.764. The van der Waals surface area contributed by atoms with Gasteiger partial charge in [-0.25, -0.2) is 0 Å². The van der Waals surface area contributed by atoms with Gasteiger partial charge in [-0.3, -0.25) is 9.78 Å². The zero-order valence-electron chi connectivity index (χ0n) is 10.7. The van der Waals surface area contributed by atoms with Crippen LogP contribution in [-0.2, 0) is 0 Å². The summed E-state index contributed by atoms with van der Waals surface area (Å²) in [5, 5.41) is 7.78. The van der Waals surface area contributed by atoms with Crippen molar-refractivity contribution in [3.05, 3.63) is 26.9 Å². The normalized spacial score (nSPS) is 28.1. The van der Waals surface area contributed by atoms with E-state index in [1.54, 1.807) is 17.5 Å². The van der Waals surface area contributed by atoms with Crippen LogP contribution in [0.4, 0.5) is 0 Å². The maximum Gasteiger partial charge on any atom is 0.270 e. The van der Waals surface area contributed by atoms with Gasteiger partial charge in [0.1, 0.15) is 5.69 Å². The predicted molar refractivity (Wildman–Crippen MR) is 88.2 cm³/mol. The number of amides is 1. The molecule has 2 bridgehead atoms. The van der Waals surface area contributed by atoms with E-state index < -0.39 is 0 Å². The number of pyridine rings is 1. The molecule has 2 aromatic rings. The lowest BCUT2D eigenvalue weighted by Gasteiger charge is -2.21. The van der Waals surface area contributed by atoms with Crippen LogP contribution < -0.4 is 10.6 Å². The molecule has 1 amide bonds. The number of hydrogen-bond donors (Lipinski definition) is 2. The number of rotatable bonds is 2. The molecule has 2 N–H and O–H groups in total. The van der Waals surface area contributed by atoms with Crippen molar-refractivity contribution in [1.29, 1.82) is 0 Å². The first-order chi connectivity index (χ1) is 9.69. The number of carbonyl (C=O) groups excluding carboxylic acids is 1. The average Bonchev–Trinajstić information content (AvgIpc) is 3.10. The van der Waals surface area contributed by atoms with Crippen LogP contribution in [0.5, 0.6) is 0 Å². The number of nitrogens with zero attached hydrogens (tertiary/aromatic N) is 1. The number of hydrogen-bond acceptors (Lipinski definition) is 4. The molecular weight excluding hydrogens is 385 g/mol. The zero-order valence-corrected chi connectivity index (χ0v) is 13.7. The molecule has 0 aromatic carbocycles. The van der Waals surface area contributed by atoms with Crippen LogP contribution in [0.3, 0.4) is 0 Å². The Morgan fingerprint density at radius 3 is 3.10 bits per heavy atom. The monoisotopic (exact) mass is 399 g/mol. The van der Waals surface area contributed by atoms with E-state index in [9.17, 15) is 4.79 Å². The zero-order chi connectivity index (χ0) is 13.7. The van der Waals surface area contributed by atoms with Crippen LogP contribution in [0.2, 0.25) is 0 Å². The highest BCUT2D eigenvalue weighted by Crippen LogP contribution is 2.29. The SMILES string of the molecule is O=C(N[C@@H]1C[C@H]2CC[C@@H]1N2)c1cc2sc(I)cc2cn1. The number of carbonyl (C=O) groups is 1. The molecule has 20 heavy (non-hydrogen) atoms. The summed E-state index contributed by atoms with van der Waals surface area (Å²) in [6, 6.07) is 5.31. The molecule has 104 valence electrons. The predicted octanol–water partition coefficient (Wildman–Crippen LogP) is 2.52. The van der Waals surface area contributed by atoms with E-state index in [-0.39, 0.29) is 11.9 Å². The minimum absolute atomic E-state index is 0.0466. The summed E-state index contributed by atoms with van der Waals surface area (Å²) in [6.45, 7) is 0. The largest absolute Gasteiger partial charge is 0.346 e. The smallest absolute Gasteiger partial charge is 0.270 e. The summed E-state index contributed by atoms with van der Waals surface area (Å²) in [4.78, 5) is 16.6. The molecular formula is C14H14IN3OS. The Bertz CT molecular complexity index is 686. The summed E-state index contributed by atoms with van der Waals surface area (Å²) in [5.41, 5.74) is 0.526. The van der Waals surface area contributed by atoms with E-state index in [1.807, 2.05) is 6.07 Å². The minimum Gasteiger partial charge on any atom is -0.346 e. The molecule has 3 atom stereocenters. The lowest BCUT2D eigenvalue weighted by atomic mass is 9.95. The fourth-order valence-corrected chi connectivity index (χ4v) is 5.09. The molecule has 2 aliphatic heterocycles. The Labute approximate surface area is 134 Å². The highest BCUT2D eigenvalue weighted by Gasteiger charge is 2.39. The topological polar surface area (TPSA) is 54.0 Å². The highest BCUT2D eigenvalue weighted by molar-refractivity contribution is 14.1. The first kappa shape index (κ1) is 13.0. The molecule has 4 rings (SSSR count). The van der Waals surface area contributed by atoms with E-state index in [0.717, 1.165) is 16.5 Å². The summed E-state index contributed by atoms with van der Waals surface area (Å²) in [7, 11) is 0. The lowest BCUT2D eigenvalue weighted by Crippen LogP contribution is -2.43. The Morgan fingerprint density at radius 1 is 1.45 bits per heavy atom. The van der Waals surface area contributed by atoms with Crippen molar-refractivity contribution in [2.24, 2.45) is 0 Å². The maximum atomic E-state index is 12.3. The van der Waals surface area contributed by atoms with Crippen molar-refractivity contribution in [2.45, 2.75) is 37.4 Å². The van der Waals surface area contributed by atoms with Gasteiger partial charge < -0.3 is 10.6 Å². The molecule has 2 aromatic heterocycles. The molecule has 0 aliphatic carbocycles. The van der Waals surface area contributed by atoms with Crippen molar-refractivity contribution in [3.63, 3.8) is 0 Å². The number of halogens is 1. The molecule has 0 spiro atoms. The van der Waals surface area contributed by atoms with Gasteiger partial charge in [0.05, 0.1) is 2.88 Å². The summed E-state index contributed by atoms with van der Waals surface area (Å²) >= 11 is 3.99. The van der Waals surface area contributed by atoms with Crippen molar-refractivity contribution < 1.29 is 4.79 Å². The van der Waals surface area contributed by atoms with Crippen LogP contribution in [0, 0.1) is 2.88 Å². The number of fused-ring (bicyclic) bond motifs is 3. The van der Waals surface area contributed by atoms with E-state index in [0.29, 0.717) is 17.8 Å². The van der Waals surface area contributed by atoms with Crippen molar-refractivity contribution in [2.75, 3.05) is 0 Å². The Morgan fingerprint density at radius 2 is 2.35 bits per heavy atom. The molecule has 0 radical (unpaired) electrons. The maximum absolute atomic E-state index is 12.3. The van der Waals surface area contributed by atoms with Gasteiger partial charge in [-0.15, -0.1) is 11.3 Å². The fraction of sp³-hybridized carbons (Fsp3) is 0.429. The molecule has 2 saturated heterocycles. The van der Waals surface area contributed by atoms with Gasteiger partial charge in [-0.2, -0.15) is 0 Å². The van der Waals surface area contributed by atoms with Crippen LogP contribution in [0.15, 0.2) is 18.3 Å². The third-order valence-corrected chi connectivity index (χ3v) is 6.08. The second kappa shape index (κ2) is 4.92. The fourth-order valence-electron chi connectivity index (χ4n) is 3.25. The summed E-state index contributed by atoms with van der Waals surface area (Å²) in [6.07, 6.45) is 5.26. The van der Waals surface area contributed by atoms with E-state index in [4.69, 9.17) is 0 Å². The molecule has 0 unspecified atom stereocenters. The van der Waals surface area contributed by atoms with E-state index in [2.05, 4.69) is 44.3 Å². The molecule has 6 heteroatoms. The van der Waals surface area contributed by atoms with E-state index in [1.165, 1.54) is 15.7 Å². The third kappa shape index (κ3) is 2.23. The summed E-state index contributed by atoms with van der Waals surface area (Å²) in [5.74, 6) is -0.0466. The average molecular weight is 399 g/mol. The Balaban J connectivity index is 1.54. The molecule has 4 nitrogen and oxygen atoms in total. The van der Waals surface area contributed by atoms with E-state index >= 15 is 0 Å². The highest BCUT2D eigenvalue weighted by atomic mass is 127. The van der Waals surface area contributed by atoms with Gasteiger partial charge in [-0.05, 0) is 54.0 Å². The van der Waals surface area contributed by atoms with Crippen LogP contribution in [0.25, 0.3) is 10.1 Å². The van der Waals surface area contributed by atoms with Crippen molar-refractivity contribution in [1.82, 2.24) is 15.6 Å². The third-order valence-electron chi connectivity index (χ3n) is 4.22. The van der Waals surface area contributed by atoms with Gasteiger partial charge in [0.2, 0.25) is 0 Å². The second-order valence-electron chi connectivity index (χ2n) is 5.52. The van der Waals surface area contributed by atoms with Gasteiger partial charge in [0.25, 0.3) is 5.91 Å². The minimum atomic E-state index is -0.0466. The first-order valence-corrected chi connectivity index (χ1v) is 8.70. The van der Waals surface area contributed by atoms with Crippen molar-refractivity contribution >= 4 is 49.9 Å². The molecule has 4 heterocycles. The van der Waals surface area contributed by atoms with Gasteiger partial charge in [0.15, 0.2) is 0 Å². The van der Waals surface area contributed by atoms with Crippen molar-refractivity contribution in [3.8, 4) is 0 Å². The number of nitrogens with one attached hydrogen (secondary N) is 2. The van der Waals surface area contributed by atoms with Gasteiger partial charge in [-0.1, -0.05) is 0 Å². The number of aromatic nitrogens is 1. The van der Waals surface area contributed by atoms with Gasteiger partial charge >= 0.3 is 0 Å². The standard InChI is InChI=1S/C14H14IN3OS/c15-13-3-7-6-16-11(5-12(7)20-13)14(19)18-10-4-8-1-2-9(10)17-8/h3,5-6,8-10,17H,1-2,4H2,(H,18,19)/t8-,9+,10-/m1/s1.